The molecule has 0 unspecified atom stereocenters. The predicted molar refractivity (Wildman–Crippen MR) is 119 cm³/mol. The van der Waals surface area contributed by atoms with E-state index in [1.807, 2.05) is 47.8 Å². The molecule has 0 aliphatic rings. The lowest BCUT2D eigenvalue weighted by atomic mass is 10.2. The van der Waals surface area contributed by atoms with Gasteiger partial charge in [0.25, 0.3) is 0 Å². The molecule has 9 heteroatoms. The first-order valence-corrected chi connectivity index (χ1v) is 11.0. The molecule has 0 radical (unpaired) electrons. The van der Waals surface area contributed by atoms with Gasteiger partial charge in [0.1, 0.15) is 5.75 Å². The lowest BCUT2D eigenvalue weighted by Crippen LogP contribution is -2.23. The summed E-state index contributed by atoms with van der Waals surface area (Å²) in [7, 11) is 1.58. The maximum Gasteiger partial charge on any atom is 0.230 e. The van der Waals surface area contributed by atoms with Gasteiger partial charge in [0.2, 0.25) is 5.91 Å². The van der Waals surface area contributed by atoms with E-state index in [1.54, 1.807) is 23.8 Å². The number of carbonyl (C=O) groups is 1. The zero-order chi connectivity index (χ0) is 20.4. The third-order valence-corrected chi connectivity index (χ3v) is 6.17. The average Bonchev–Trinajstić information content (AvgIpc) is 3.33. The third kappa shape index (κ3) is 4.24. The van der Waals surface area contributed by atoms with Crippen LogP contribution in [-0.2, 0) is 10.5 Å². The predicted octanol–water partition coefficient (Wildman–Crippen LogP) is 5.66. The van der Waals surface area contributed by atoms with Crippen LogP contribution in [0.3, 0.4) is 0 Å². The minimum atomic E-state index is -0.128. The number of methoxy groups -OCH3 is 1. The number of nitrogens with one attached hydrogen (secondary N) is 1. The van der Waals surface area contributed by atoms with E-state index >= 15 is 0 Å². The first-order chi connectivity index (χ1) is 14.0. The molecule has 0 atom stereocenters. The van der Waals surface area contributed by atoms with Gasteiger partial charge in [-0.2, -0.15) is 0 Å². The largest absolute Gasteiger partial charge is 0.495 e. The lowest BCUT2D eigenvalue weighted by Gasteiger charge is -2.20. The normalized spacial score (nSPS) is 11.0. The summed E-state index contributed by atoms with van der Waals surface area (Å²) in [5, 5.41) is 4.02. The Morgan fingerprint density at radius 2 is 2.10 bits per heavy atom. The molecule has 0 aliphatic carbocycles. The van der Waals surface area contributed by atoms with Crippen molar-refractivity contribution < 1.29 is 9.53 Å². The topological polar surface area (TPSA) is 71.1 Å². The van der Waals surface area contributed by atoms with E-state index in [-0.39, 0.29) is 5.91 Å². The van der Waals surface area contributed by atoms with Crippen LogP contribution in [0.15, 0.2) is 53.0 Å². The van der Waals surface area contributed by atoms with Crippen LogP contribution >= 0.6 is 34.7 Å². The second-order valence-electron chi connectivity index (χ2n) is 6.14. The van der Waals surface area contributed by atoms with Crippen molar-refractivity contribution in [3.05, 3.63) is 58.6 Å². The van der Waals surface area contributed by atoms with Crippen LogP contribution in [0.5, 0.6) is 5.75 Å². The number of imidazole rings is 1. The highest BCUT2D eigenvalue weighted by Crippen LogP contribution is 2.36. The Labute approximate surface area is 180 Å². The van der Waals surface area contributed by atoms with Crippen LogP contribution in [-0.4, -0.2) is 28.0 Å². The molecule has 2 aromatic heterocycles. The first-order valence-electron chi connectivity index (χ1n) is 8.71. The zero-order valence-corrected chi connectivity index (χ0v) is 18.1. The molecule has 2 heterocycles. The molecule has 148 valence electrons. The van der Waals surface area contributed by atoms with Gasteiger partial charge in [-0.3, -0.25) is 9.69 Å². The van der Waals surface area contributed by atoms with E-state index in [1.165, 1.54) is 18.3 Å². The number of amides is 1. The van der Waals surface area contributed by atoms with Crippen LogP contribution in [0.4, 0.5) is 10.8 Å². The quantitative estimate of drug-likeness (QED) is 0.388. The SMILES string of the molecule is COc1ccccc1N(C(C)=O)c1nc(CSc2nc3ccc(Cl)cc3[nH]2)cs1. The van der Waals surface area contributed by atoms with Gasteiger partial charge in [0, 0.05) is 23.1 Å². The number of hydrogen-bond donors (Lipinski definition) is 1. The van der Waals surface area contributed by atoms with E-state index in [0.717, 1.165) is 21.9 Å². The van der Waals surface area contributed by atoms with Gasteiger partial charge in [-0.25, -0.2) is 9.97 Å². The van der Waals surface area contributed by atoms with Crippen LogP contribution in [0.2, 0.25) is 5.02 Å². The molecule has 0 bridgehead atoms. The van der Waals surface area contributed by atoms with Gasteiger partial charge in [-0.15, -0.1) is 11.3 Å². The van der Waals surface area contributed by atoms with Crippen LogP contribution in [0.25, 0.3) is 11.0 Å². The number of hydrogen-bond acceptors (Lipinski definition) is 6. The summed E-state index contributed by atoms with van der Waals surface area (Å²) in [6, 6.07) is 13.0. The Kier molecular flexibility index (Phi) is 5.75. The lowest BCUT2D eigenvalue weighted by molar-refractivity contribution is -0.115. The minimum Gasteiger partial charge on any atom is -0.495 e. The Hall–Kier alpha value is -2.55. The van der Waals surface area contributed by atoms with Gasteiger partial charge in [-0.1, -0.05) is 35.5 Å². The highest BCUT2D eigenvalue weighted by molar-refractivity contribution is 7.98. The molecule has 4 rings (SSSR count). The molecular formula is C20H17ClN4O2S2. The van der Waals surface area contributed by atoms with E-state index in [4.69, 9.17) is 16.3 Å². The maximum atomic E-state index is 12.3. The number of anilines is 2. The number of aromatic amines is 1. The highest BCUT2D eigenvalue weighted by Gasteiger charge is 2.21. The number of thioether (sulfide) groups is 1. The monoisotopic (exact) mass is 444 g/mol. The Morgan fingerprint density at radius 1 is 1.28 bits per heavy atom. The van der Waals surface area contributed by atoms with Gasteiger partial charge < -0.3 is 9.72 Å². The van der Waals surface area contributed by atoms with Crippen LogP contribution in [0.1, 0.15) is 12.6 Å². The minimum absolute atomic E-state index is 0.128. The smallest absolute Gasteiger partial charge is 0.230 e. The molecule has 2 aromatic carbocycles. The molecule has 0 fully saturated rings. The van der Waals surface area contributed by atoms with Gasteiger partial charge in [-0.05, 0) is 30.3 Å². The van der Waals surface area contributed by atoms with Crippen molar-refractivity contribution in [1.29, 1.82) is 0 Å². The Balaban J connectivity index is 1.53. The Morgan fingerprint density at radius 3 is 2.90 bits per heavy atom. The third-order valence-electron chi connectivity index (χ3n) is 4.15. The second-order valence-corrected chi connectivity index (χ2v) is 8.38. The van der Waals surface area contributed by atoms with Crippen LogP contribution in [0, 0.1) is 0 Å². The van der Waals surface area contributed by atoms with Crippen LogP contribution < -0.4 is 9.64 Å². The zero-order valence-electron chi connectivity index (χ0n) is 15.7. The number of benzene rings is 2. The summed E-state index contributed by atoms with van der Waals surface area (Å²) in [5.41, 5.74) is 3.31. The Bertz CT molecular complexity index is 1170. The molecule has 0 aliphatic heterocycles. The van der Waals surface area contributed by atoms with Crippen molar-refractivity contribution in [2.75, 3.05) is 12.0 Å². The fraction of sp³-hybridized carbons (Fsp3) is 0.150. The van der Waals surface area contributed by atoms with E-state index in [2.05, 4.69) is 15.0 Å². The van der Waals surface area contributed by atoms with Crippen molar-refractivity contribution in [3.63, 3.8) is 0 Å². The number of carbonyl (C=O) groups excluding carboxylic acids is 1. The molecule has 0 spiro atoms. The second kappa shape index (κ2) is 8.44. The molecule has 4 aromatic rings. The van der Waals surface area contributed by atoms with E-state index in [9.17, 15) is 4.79 Å². The number of thiazole rings is 1. The molecule has 1 amide bonds. The van der Waals surface area contributed by atoms with E-state index in [0.29, 0.717) is 27.3 Å². The molecule has 0 saturated heterocycles. The van der Waals surface area contributed by atoms with Crippen molar-refractivity contribution in [1.82, 2.24) is 15.0 Å². The van der Waals surface area contributed by atoms with Gasteiger partial charge in [0.15, 0.2) is 10.3 Å². The molecule has 6 nitrogen and oxygen atoms in total. The van der Waals surface area contributed by atoms with Gasteiger partial charge >= 0.3 is 0 Å². The maximum absolute atomic E-state index is 12.3. The van der Waals surface area contributed by atoms with E-state index < -0.39 is 0 Å². The fourth-order valence-electron chi connectivity index (χ4n) is 2.86. The molecule has 29 heavy (non-hydrogen) atoms. The summed E-state index contributed by atoms with van der Waals surface area (Å²) in [6.07, 6.45) is 0. The fourth-order valence-corrected chi connectivity index (χ4v) is 4.79. The number of halogens is 1. The molecule has 1 N–H and O–H groups in total. The summed E-state index contributed by atoms with van der Waals surface area (Å²) in [5.74, 6) is 1.12. The standard InChI is InChI=1S/C20H17ClN4O2S2/c1-12(26)25(17-5-3-4-6-18(17)27-2)20-22-14(11-29-20)10-28-19-23-15-8-7-13(21)9-16(15)24-19/h3-9,11H,10H2,1-2H3,(H,23,24). The number of para-hydroxylation sites is 2. The summed E-state index contributed by atoms with van der Waals surface area (Å²) in [6.45, 7) is 1.52. The average molecular weight is 445 g/mol. The number of rotatable bonds is 6. The van der Waals surface area contributed by atoms with Crippen molar-refractivity contribution in [2.45, 2.75) is 17.8 Å². The summed E-state index contributed by atoms with van der Waals surface area (Å²) in [4.78, 5) is 26.4. The highest BCUT2D eigenvalue weighted by atomic mass is 35.5. The summed E-state index contributed by atoms with van der Waals surface area (Å²) >= 11 is 8.99. The number of aromatic nitrogens is 3. The van der Waals surface area contributed by atoms with Gasteiger partial charge in [0.05, 0.1) is 29.5 Å². The number of fused-ring (bicyclic) bond motifs is 1. The number of nitrogens with zero attached hydrogens (tertiary/aromatic N) is 3. The number of ether oxygens (including phenoxy) is 1. The first kappa shape index (κ1) is 19.8. The molecule has 0 saturated carbocycles. The molecular weight excluding hydrogens is 428 g/mol. The van der Waals surface area contributed by atoms with Crippen molar-refractivity contribution in [3.8, 4) is 5.75 Å². The summed E-state index contributed by atoms with van der Waals surface area (Å²) < 4.78 is 5.40. The van der Waals surface area contributed by atoms with Crippen molar-refractivity contribution in [2.24, 2.45) is 0 Å². The number of H-pyrrole nitrogens is 1. The van der Waals surface area contributed by atoms with Crippen molar-refractivity contribution >= 4 is 62.5 Å².